The summed E-state index contributed by atoms with van der Waals surface area (Å²) in [5.41, 5.74) is 0.896. The number of aromatic nitrogens is 1. The molecular formula is C17H19NO5S2. The smallest absolute Gasteiger partial charge is 0.310 e. The van der Waals surface area contributed by atoms with Crippen LogP contribution in [0.3, 0.4) is 0 Å². The van der Waals surface area contributed by atoms with Crippen LogP contribution in [0.2, 0.25) is 0 Å². The Bertz CT molecular complexity index is 829. The van der Waals surface area contributed by atoms with Crippen LogP contribution in [0.5, 0.6) is 11.5 Å². The number of H-pyrrole nitrogens is 1. The molecule has 0 bridgehead atoms. The number of ether oxygens (including phenoxy) is 3. The van der Waals surface area contributed by atoms with E-state index in [0.29, 0.717) is 23.9 Å². The van der Waals surface area contributed by atoms with Gasteiger partial charge in [-0.2, -0.15) is 0 Å². The van der Waals surface area contributed by atoms with Crippen molar-refractivity contribution in [2.45, 2.75) is 17.9 Å². The minimum absolute atomic E-state index is 0.118. The number of esters is 1. The molecule has 1 aliphatic rings. The number of thioether (sulfide) groups is 1. The highest BCUT2D eigenvalue weighted by atomic mass is 32.2. The monoisotopic (exact) mass is 381 g/mol. The van der Waals surface area contributed by atoms with Crippen LogP contribution in [0.15, 0.2) is 28.0 Å². The van der Waals surface area contributed by atoms with Crippen molar-refractivity contribution >= 4 is 29.1 Å². The van der Waals surface area contributed by atoms with E-state index in [9.17, 15) is 9.59 Å². The van der Waals surface area contributed by atoms with Gasteiger partial charge in [-0.15, -0.1) is 11.8 Å². The lowest BCUT2D eigenvalue weighted by atomic mass is 9.85. The Hall–Kier alpha value is -1.93. The molecule has 1 aromatic heterocycles. The Kier molecular flexibility index (Phi) is 5.39. The number of thiazole rings is 1. The summed E-state index contributed by atoms with van der Waals surface area (Å²) in [7, 11) is 3.15. The topological polar surface area (TPSA) is 77.6 Å². The molecule has 2 heterocycles. The summed E-state index contributed by atoms with van der Waals surface area (Å²) in [5, 5.41) is 0.829. The van der Waals surface area contributed by atoms with Crippen molar-refractivity contribution in [1.82, 2.24) is 4.98 Å². The van der Waals surface area contributed by atoms with Crippen LogP contribution >= 0.6 is 23.1 Å². The molecule has 134 valence electrons. The highest BCUT2D eigenvalue weighted by molar-refractivity contribution is 7.99. The standard InChI is InChI=1S/C17H19NO5S2/c1-4-23-16(19)10-8-24-15-14(25-17(20)18-15)13(10)9-5-6-11(21-2)12(7-9)22-3/h5-7,10,13H,4,8H2,1-3H3,(H,18,20)/t10-,13+/m1/s1. The molecule has 0 fully saturated rings. The number of fused-ring (bicyclic) bond motifs is 1. The first-order valence-electron chi connectivity index (χ1n) is 7.83. The highest BCUT2D eigenvalue weighted by Gasteiger charge is 2.39. The molecule has 0 aliphatic carbocycles. The Morgan fingerprint density at radius 1 is 1.28 bits per heavy atom. The summed E-state index contributed by atoms with van der Waals surface area (Å²) in [6, 6.07) is 5.58. The predicted molar refractivity (Wildman–Crippen MR) is 97.2 cm³/mol. The second kappa shape index (κ2) is 7.53. The Morgan fingerprint density at radius 3 is 2.72 bits per heavy atom. The fourth-order valence-electron chi connectivity index (χ4n) is 2.97. The van der Waals surface area contributed by atoms with Gasteiger partial charge in [-0.3, -0.25) is 9.59 Å². The maximum atomic E-state index is 12.5. The van der Waals surface area contributed by atoms with Crippen molar-refractivity contribution in [1.29, 1.82) is 0 Å². The van der Waals surface area contributed by atoms with Gasteiger partial charge in [-0.05, 0) is 24.6 Å². The first kappa shape index (κ1) is 17.9. The van der Waals surface area contributed by atoms with Crippen LogP contribution in [-0.4, -0.2) is 37.5 Å². The van der Waals surface area contributed by atoms with Gasteiger partial charge in [0.15, 0.2) is 11.5 Å². The number of aromatic amines is 1. The summed E-state index contributed by atoms with van der Waals surface area (Å²) >= 11 is 2.63. The molecule has 0 radical (unpaired) electrons. The fourth-order valence-corrected chi connectivity index (χ4v) is 5.37. The van der Waals surface area contributed by atoms with Crippen LogP contribution in [0.4, 0.5) is 0 Å². The van der Waals surface area contributed by atoms with Gasteiger partial charge in [-0.25, -0.2) is 0 Å². The van der Waals surface area contributed by atoms with Crippen LogP contribution in [0, 0.1) is 5.92 Å². The van der Waals surface area contributed by atoms with Gasteiger partial charge >= 0.3 is 10.8 Å². The van der Waals surface area contributed by atoms with Gasteiger partial charge in [0, 0.05) is 16.5 Å². The van der Waals surface area contributed by atoms with Crippen molar-refractivity contribution in [3.05, 3.63) is 38.3 Å². The van der Waals surface area contributed by atoms with Crippen molar-refractivity contribution in [2.24, 2.45) is 5.92 Å². The number of carbonyl (C=O) groups excluding carboxylic acids is 1. The molecule has 1 aliphatic heterocycles. The number of benzene rings is 1. The highest BCUT2D eigenvalue weighted by Crippen LogP contribution is 2.46. The van der Waals surface area contributed by atoms with Crippen molar-refractivity contribution in [2.75, 3.05) is 26.6 Å². The third-order valence-corrected chi connectivity index (χ3v) is 6.32. The third kappa shape index (κ3) is 3.41. The molecular weight excluding hydrogens is 362 g/mol. The molecule has 6 nitrogen and oxygen atoms in total. The second-order valence-electron chi connectivity index (χ2n) is 5.47. The molecule has 3 rings (SSSR count). The lowest BCUT2D eigenvalue weighted by Gasteiger charge is -2.29. The molecule has 2 aromatic rings. The van der Waals surface area contributed by atoms with Crippen LogP contribution in [0.1, 0.15) is 23.3 Å². The van der Waals surface area contributed by atoms with E-state index in [1.807, 2.05) is 18.2 Å². The minimum Gasteiger partial charge on any atom is -0.493 e. The maximum absolute atomic E-state index is 12.5. The Labute approximate surface area is 153 Å². The van der Waals surface area contributed by atoms with Gasteiger partial charge in [0.25, 0.3) is 0 Å². The van der Waals surface area contributed by atoms with E-state index in [1.165, 1.54) is 11.8 Å². The molecule has 1 N–H and O–H groups in total. The zero-order valence-electron chi connectivity index (χ0n) is 14.2. The SMILES string of the molecule is CCOC(=O)[C@@H]1CSc2[nH]c(=O)sc2[C@H]1c1ccc(OC)c(OC)c1. The van der Waals surface area contributed by atoms with Gasteiger partial charge in [0.1, 0.15) is 0 Å². The molecule has 0 unspecified atom stereocenters. The predicted octanol–water partition coefficient (Wildman–Crippen LogP) is 2.87. The van der Waals surface area contributed by atoms with Crippen LogP contribution < -0.4 is 14.3 Å². The van der Waals surface area contributed by atoms with E-state index >= 15 is 0 Å². The largest absolute Gasteiger partial charge is 0.493 e. The molecule has 2 atom stereocenters. The lowest BCUT2D eigenvalue weighted by molar-refractivity contribution is -0.147. The lowest BCUT2D eigenvalue weighted by Crippen LogP contribution is -2.29. The van der Waals surface area contributed by atoms with E-state index in [1.54, 1.807) is 21.1 Å². The molecule has 8 heteroatoms. The minimum atomic E-state index is -0.359. The average Bonchev–Trinajstić information content (AvgIpc) is 3.00. The molecule has 25 heavy (non-hydrogen) atoms. The number of carbonyl (C=O) groups is 1. The normalized spacial score (nSPS) is 19.2. The molecule has 0 spiro atoms. The molecule has 0 saturated carbocycles. The fraction of sp³-hybridized carbons (Fsp3) is 0.412. The zero-order valence-corrected chi connectivity index (χ0v) is 15.8. The Morgan fingerprint density at radius 2 is 2.04 bits per heavy atom. The summed E-state index contributed by atoms with van der Waals surface area (Å²) in [6.07, 6.45) is 0. The number of nitrogens with one attached hydrogen (secondary N) is 1. The van der Waals surface area contributed by atoms with Crippen molar-refractivity contribution in [3.8, 4) is 11.5 Å². The van der Waals surface area contributed by atoms with Crippen molar-refractivity contribution < 1.29 is 19.0 Å². The summed E-state index contributed by atoms with van der Waals surface area (Å²) in [5.74, 6) is 0.900. The van der Waals surface area contributed by atoms with E-state index in [-0.39, 0.29) is 22.7 Å². The number of hydrogen-bond acceptors (Lipinski definition) is 7. The first-order chi connectivity index (χ1) is 12.1. The number of hydrogen-bond donors (Lipinski definition) is 1. The van der Waals surface area contributed by atoms with Gasteiger partial charge < -0.3 is 19.2 Å². The molecule has 0 saturated heterocycles. The first-order valence-corrected chi connectivity index (χ1v) is 9.63. The number of methoxy groups -OCH3 is 2. The van der Waals surface area contributed by atoms with E-state index in [0.717, 1.165) is 26.8 Å². The zero-order chi connectivity index (χ0) is 18.0. The quantitative estimate of drug-likeness (QED) is 0.803. The van der Waals surface area contributed by atoms with Crippen LogP contribution in [-0.2, 0) is 9.53 Å². The summed E-state index contributed by atoms with van der Waals surface area (Å²) in [6.45, 7) is 2.12. The van der Waals surface area contributed by atoms with E-state index < -0.39 is 0 Å². The van der Waals surface area contributed by atoms with Gasteiger partial charge in [-0.1, -0.05) is 17.4 Å². The van der Waals surface area contributed by atoms with Crippen LogP contribution in [0.25, 0.3) is 0 Å². The Balaban J connectivity index is 2.10. The maximum Gasteiger partial charge on any atom is 0.310 e. The van der Waals surface area contributed by atoms with E-state index in [4.69, 9.17) is 14.2 Å². The summed E-state index contributed by atoms with van der Waals surface area (Å²) in [4.78, 5) is 28.0. The third-order valence-electron chi connectivity index (χ3n) is 4.09. The number of rotatable bonds is 5. The van der Waals surface area contributed by atoms with Gasteiger partial charge in [0.05, 0.1) is 31.8 Å². The molecule has 0 amide bonds. The molecule has 1 aromatic carbocycles. The van der Waals surface area contributed by atoms with E-state index in [2.05, 4.69) is 4.98 Å². The average molecular weight is 381 g/mol. The summed E-state index contributed by atoms with van der Waals surface area (Å²) < 4.78 is 15.9. The van der Waals surface area contributed by atoms with Gasteiger partial charge in [0.2, 0.25) is 0 Å². The van der Waals surface area contributed by atoms with Crippen molar-refractivity contribution in [3.63, 3.8) is 0 Å². The second-order valence-corrected chi connectivity index (χ2v) is 7.51.